The third-order valence-corrected chi connectivity index (χ3v) is 7.42. The number of carbonyl (C=O) groups excluding carboxylic acids is 2. The Morgan fingerprint density at radius 2 is 2.03 bits per heavy atom. The van der Waals surface area contributed by atoms with Crippen LogP contribution >= 0.6 is 0 Å². The monoisotopic (exact) mass is 416 g/mol. The average Bonchev–Trinajstić information content (AvgIpc) is 3.43. The molecule has 5 unspecified atom stereocenters. The molecule has 0 spiro atoms. The van der Waals surface area contributed by atoms with Crippen LogP contribution in [0.1, 0.15) is 56.5 Å². The molecule has 4 aliphatic rings. The van der Waals surface area contributed by atoms with Gasteiger partial charge in [-0.05, 0) is 57.1 Å². The van der Waals surface area contributed by atoms with Crippen molar-refractivity contribution < 1.29 is 14.0 Å². The normalized spacial score (nSPS) is 37.0. The van der Waals surface area contributed by atoms with Crippen molar-refractivity contribution >= 4 is 11.8 Å². The van der Waals surface area contributed by atoms with Gasteiger partial charge in [0.2, 0.25) is 5.91 Å². The van der Waals surface area contributed by atoms with Gasteiger partial charge in [-0.25, -0.2) is 21.3 Å². The van der Waals surface area contributed by atoms with Crippen LogP contribution in [0, 0.1) is 5.92 Å². The molecule has 3 saturated heterocycles. The summed E-state index contributed by atoms with van der Waals surface area (Å²) < 4.78 is 5.42. The molecule has 5 rings (SSSR count). The quantitative estimate of drug-likeness (QED) is 0.659. The number of nitrogens with one attached hydrogen (secondary N) is 3. The summed E-state index contributed by atoms with van der Waals surface area (Å²) >= 11 is 0. The number of rotatable bonds is 2. The zero-order chi connectivity index (χ0) is 20.8. The van der Waals surface area contributed by atoms with Gasteiger partial charge in [0.1, 0.15) is 0 Å². The van der Waals surface area contributed by atoms with Crippen LogP contribution in [0.3, 0.4) is 0 Å². The van der Waals surface area contributed by atoms with Gasteiger partial charge in [-0.15, -0.1) is 0 Å². The van der Waals surface area contributed by atoms with Crippen molar-refractivity contribution in [2.75, 3.05) is 13.2 Å². The van der Waals surface area contributed by atoms with E-state index in [1.54, 1.807) is 25.3 Å². The summed E-state index contributed by atoms with van der Waals surface area (Å²) in [6, 6.07) is 3.99. The molecule has 4 heterocycles. The number of hydrogen-bond donors (Lipinski definition) is 3. The predicted molar refractivity (Wildman–Crippen MR) is 110 cm³/mol. The van der Waals surface area contributed by atoms with Crippen molar-refractivity contribution in [1.29, 1.82) is 0 Å². The summed E-state index contributed by atoms with van der Waals surface area (Å²) in [5, 5.41) is 2.25. The van der Waals surface area contributed by atoms with E-state index in [4.69, 9.17) is 4.42 Å². The minimum absolute atomic E-state index is 0.00882. The van der Waals surface area contributed by atoms with Gasteiger partial charge < -0.3 is 14.2 Å². The van der Waals surface area contributed by atoms with Crippen molar-refractivity contribution in [3.8, 4) is 0 Å². The number of hydrazine groups is 2. The summed E-state index contributed by atoms with van der Waals surface area (Å²) in [5.41, 5.74) is 10.2. The highest BCUT2D eigenvalue weighted by Gasteiger charge is 2.48. The molecule has 164 valence electrons. The highest BCUT2D eigenvalue weighted by Crippen LogP contribution is 2.39. The lowest BCUT2D eigenvalue weighted by Crippen LogP contribution is -2.68. The van der Waals surface area contributed by atoms with Crippen molar-refractivity contribution in [2.24, 2.45) is 5.92 Å². The number of carbonyl (C=O) groups is 2. The lowest BCUT2D eigenvalue weighted by Gasteiger charge is -2.55. The standard InChI is InChI=1S/C21H32N6O3/c1-13-11-25(21(29)19-4-3-9-30-19)18-10-15(5-7-17(18)27(13)14(2)28)16-6-8-20-23-22-12-26(20)24-16/h3-4,9,13,15-18,20,22-24H,5-8,10-12H2,1-2H3/t13-,15?,16?,17?,18?,20?/m0/s1. The lowest BCUT2D eigenvalue weighted by molar-refractivity contribution is -0.142. The van der Waals surface area contributed by atoms with Crippen LogP contribution in [0.15, 0.2) is 22.8 Å². The largest absolute Gasteiger partial charge is 0.459 e. The van der Waals surface area contributed by atoms with Crippen LogP contribution < -0.4 is 16.3 Å². The molecule has 1 aromatic heterocycles. The van der Waals surface area contributed by atoms with E-state index >= 15 is 0 Å². The van der Waals surface area contributed by atoms with Crippen molar-refractivity contribution in [3.05, 3.63) is 24.2 Å². The summed E-state index contributed by atoms with van der Waals surface area (Å²) in [7, 11) is 0. The molecule has 9 nitrogen and oxygen atoms in total. The third-order valence-electron chi connectivity index (χ3n) is 7.42. The number of amides is 2. The summed E-state index contributed by atoms with van der Waals surface area (Å²) in [6.07, 6.45) is 7.00. The van der Waals surface area contributed by atoms with Gasteiger partial charge in [-0.2, -0.15) is 0 Å². The third kappa shape index (κ3) is 3.43. The van der Waals surface area contributed by atoms with E-state index in [2.05, 4.69) is 21.3 Å². The Balaban J connectivity index is 1.37. The zero-order valence-electron chi connectivity index (χ0n) is 17.7. The van der Waals surface area contributed by atoms with Gasteiger partial charge >= 0.3 is 0 Å². The van der Waals surface area contributed by atoms with E-state index in [0.29, 0.717) is 30.4 Å². The van der Waals surface area contributed by atoms with Crippen molar-refractivity contribution in [1.82, 2.24) is 31.1 Å². The number of hydrogen-bond acceptors (Lipinski definition) is 7. The van der Waals surface area contributed by atoms with Gasteiger partial charge in [0.05, 0.1) is 31.2 Å². The van der Waals surface area contributed by atoms with Gasteiger partial charge in [0.15, 0.2) is 5.76 Å². The fraction of sp³-hybridized carbons (Fsp3) is 0.714. The van der Waals surface area contributed by atoms with Gasteiger partial charge in [0, 0.05) is 25.6 Å². The highest BCUT2D eigenvalue weighted by atomic mass is 16.3. The van der Waals surface area contributed by atoms with Crippen LogP contribution in [0.4, 0.5) is 0 Å². The molecule has 6 atom stereocenters. The van der Waals surface area contributed by atoms with Gasteiger partial charge in [-0.3, -0.25) is 9.59 Å². The van der Waals surface area contributed by atoms with E-state index in [-0.39, 0.29) is 29.9 Å². The SMILES string of the molecule is CC(=O)N1C2CCC(C3CCC4NNCN4N3)CC2N(C(=O)c2ccco2)C[C@@H]1C. The van der Waals surface area contributed by atoms with Gasteiger partial charge in [-0.1, -0.05) is 0 Å². The molecule has 1 aliphatic carbocycles. The molecule has 1 aromatic rings. The number of piperazine rings is 1. The molecule has 3 N–H and O–H groups in total. The number of nitrogens with zero attached hydrogens (tertiary/aromatic N) is 3. The Bertz CT molecular complexity index is 786. The topological polar surface area (TPSA) is 93.1 Å². The molecule has 30 heavy (non-hydrogen) atoms. The fourth-order valence-corrected chi connectivity index (χ4v) is 6.10. The van der Waals surface area contributed by atoms with Crippen LogP contribution in [0.25, 0.3) is 0 Å². The first kappa shape index (κ1) is 20.0. The molecule has 0 radical (unpaired) electrons. The van der Waals surface area contributed by atoms with E-state index in [9.17, 15) is 9.59 Å². The summed E-state index contributed by atoms with van der Waals surface area (Å²) in [6.45, 7) is 5.04. The van der Waals surface area contributed by atoms with E-state index in [1.165, 1.54) is 0 Å². The van der Waals surface area contributed by atoms with Crippen molar-refractivity contribution in [3.63, 3.8) is 0 Å². The summed E-state index contributed by atoms with van der Waals surface area (Å²) in [4.78, 5) is 29.7. The van der Waals surface area contributed by atoms with Crippen LogP contribution in [-0.4, -0.2) is 70.2 Å². The molecule has 9 heteroatoms. The second-order valence-corrected chi connectivity index (χ2v) is 9.20. The van der Waals surface area contributed by atoms with Crippen LogP contribution in [0.5, 0.6) is 0 Å². The second-order valence-electron chi connectivity index (χ2n) is 9.20. The molecular weight excluding hydrogens is 384 g/mol. The maximum atomic E-state index is 13.3. The van der Waals surface area contributed by atoms with E-state index in [1.807, 2.05) is 16.7 Å². The maximum absolute atomic E-state index is 13.3. The molecule has 2 amide bonds. The minimum atomic E-state index is -0.0599. The predicted octanol–water partition coefficient (Wildman–Crippen LogP) is 0.870. The first-order valence-electron chi connectivity index (χ1n) is 11.2. The Labute approximate surface area is 177 Å². The average molecular weight is 417 g/mol. The molecule has 4 fully saturated rings. The smallest absolute Gasteiger partial charge is 0.289 e. The Hall–Kier alpha value is -1.94. The Kier molecular flexibility index (Phi) is 5.30. The molecular formula is C21H32N6O3. The number of fused-ring (bicyclic) bond motifs is 2. The molecule has 0 aromatic carbocycles. The van der Waals surface area contributed by atoms with E-state index < -0.39 is 0 Å². The van der Waals surface area contributed by atoms with Crippen molar-refractivity contribution in [2.45, 2.75) is 76.3 Å². The molecule has 0 bridgehead atoms. The van der Waals surface area contributed by atoms with Crippen LogP contribution in [-0.2, 0) is 4.79 Å². The maximum Gasteiger partial charge on any atom is 0.289 e. The molecule has 1 saturated carbocycles. The lowest BCUT2D eigenvalue weighted by atomic mass is 9.74. The second kappa shape index (κ2) is 7.96. The summed E-state index contributed by atoms with van der Waals surface area (Å²) in [5.74, 6) is 0.901. The first-order chi connectivity index (χ1) is 14.5. The van der Waals surface area contributed by atoms with E-state index in [0.717, 1.165) is 38.8 Å². The highest BCUT2D eigenvalue weighted by molar-refractivity contribution is 5.92. The minimum Gasteiger partial charge on any atom is -0.459 e. The van der Waals surface area contributed by atoms with Gasteiger partial charge in [0.25, 0.3) is 5.91 Å². The zero-order valence-corrected chi connectivity index (χ0v) is 17.7. The number of furan rings is 1. The molecule has 3 aliphatic heterocycles. The Morgan fingerprint density at radius 1 is 1.17 bits per heavy atom. The Morgan fingerprint density at radius 3 is 2.80 bits per heavy atom. The first-order valence-corrected chi connectivity index (χ1v) is 11.2. The van der Waals surface area contributed by atoms with Crippen LogP contribution in [0.2, 0.25) is 0 Å². The fourth-order valence-electron chi connectivity index (χ4n) is 6.10.